The fraction of sp³-hybridized carbons (Fsp3) is 0.381. The number of rotatable bonds is 3. The van der Waals surface area contributed by atoms with E-state index in [9.17, 15) is 13.6 Å². The number of anilines is 1. The highest BCUT2D eigenvalue weighted by atomic mass is 19.1. The van der Waals surface area contributed by atoms with Crippen LogP contribution in [0.4, 0.5) is 14.5 Å². The van der Waals surface area contributed by atoms with Gasteiger partial charge in [-0.15, -0.1) is 0 Å². The molecule has 0 saturated carbocycles. The Hall–Kier alpha value is -2.43. The van der Waals surface area contributed by atoms with Crippen LogP contribution in [0.3, 0.4) is 0 Å². The summed E-state index contributed by atoms with van der Waals surface area (Å²) >= 11 is 0. The molecule has 3 nitrogen and oxygen atoms in total. The van der Waals surface area contributed by atoms with E-state index in [-0.39, 0.29) is 11.4 Å². The van der Waals surface area contributed by atoms with Gasteiger partial charge in [0.1, 0.15) is 17.2 Å². The summed E-state index contributed by atoms with van der Waals surface area (Å²) in [6.45, 7) is 6.84. The summed E-state index contributed by atoms with van der Waals surface area (Å²) in [5.41, 5.74) is 2.89. The first-order valence-electron chi connectivity index (χ1n) is 8.91. The van der Waals surface area contributed by atoms with Crippen molar-refractivity contribution in [3.05, 3.63) is 64.2 Å². The zero-order valence-electron chi connectivity index (χ0n) is 15.7. The first-order chi connectivity index (χ1) is 12.5. The highest BCUT2D eigenvalue weighted by molar-refractivity contribution is 5.97. The molecule has 0 amide bonds. The maximum absolute atomic E-state index is 14.6. The van der Waals surface area contributed by atoms with E-state index < -0.39 is 11.8 Å². The van der Waals surface area contributed by atoms with E-state index in [1.807, 2.05) is 18.7 Å². The Bertz CT molecular complexity index is 773. The highest BCUT2D eigenvalue weighted by Gasteiger charge is 2.28. The van der Waals surface area contributed by atoms with Crippen molar-refractivity contribution in [3.8, 4) is 0 Å². The second-order valence-electron chi connectivity index (χ2n) is 6.03. The lowest BCUT2D eigenvalue weighted by Gasteiger charge is -2.33. The van der Waals surface area contributed by atoms with Crippen LogP contribution in [0.1, 0.15) is 47.3 Å². The summed E-state index contributed by atoms with van der Waals surface area (Å²) in [4.78, 5) is 14.1. The molecule has 1 aliphatic heterocycles. The molecule has 0 fully saturated rings. The molecule has 0 spiro atoms. The number of methoxy groups -OCH3 is 1. The van der Waals surface area contributed by atoms with Crippen molar-refractivity contribution >= 4 is 11.7 Å². The minimum Gasteiger partial charge on any atom is -0.465 e. The summed E-state index contributed by atoms with van der Waals surface area (Å²) in [7, 11) is 1.25. The van der Waals surface area contributed by atoms with Crippen LogP contribution in [-0.4, -0.2) is 19.6 Å². The van der Waals surface area contributed by atoms with Crippen molar-refractivity contribution in [1.29, 1.82) is 0 Å². The number of benzene rings is 2. The van der Waals surface area contributed by atoms with E-state index >= 15 is 0 Å². The van der Waals surface area contributed by atoms with E-state index in [0.717, 1.165) is 24.0 Å². The fourth-order valence-electron chi connectivity index (χ4n) is 3.24. The highest BCUT2D eigenvalue weighted by Crippen LogP contribution is 2.35. The molecule has 0 N–H and O–H groups in total. The molecular weight excluding hydrogens is 336 g/mol. The van der Waals surface area contributed by atoms with Gasteiger partial charge in [0.25, 0.3) is 0 Å². The number of esters is 1. The zero-order valence-corrected chi connectivity index (χ0v) is 15.7. The number of halogens is 2. The minimum atomic E-state index is -0.668. The lowest BCUT2D eigenvalue weighted by atomic mass is 9.94. The third-order valence-electron chi connectivity index (χ3n) is 4.36. The third-order valence-corrected chi connectivity index (χ3v) is 4.36. The smallest absolute Gasteiger partial charge is 0.343 e. The van der Waals surface area contributed by atoms with E-state index in [4.69, 9.17) is 4.74 Å². The molecule has 5 heteroatoms. The summed E-state index contributed by atoms with van der Waals surface area (Å²) in [5.74, 6) is -1.50. The molecule has 3 rings (SSSR count). The summed E-state index contributed by atoms with van der Waals surface area (Å²) in [5, 5.41) is 0. The molecule has 0 saturated heterocycles. The van der Waals surface area contributed by atoms with Gasteiger partial charge in [-0.25, -0.2) is 13.6 Å². The van der Waals surface area contributed by atoms with E-state index in [0.29, 0.717) is 24.3 Å². The Labute approximate surface area is 153 Å². The molecule has 0 bridgehead atoms. The van der Waals surface area contributed by atoms with Crippen LogP contribution in [0.15, 0.2) is 30.3 Å². The van der Waals surface area contributed by atoms with Crippen LogP contribution < -0.4 is 4.90 Å². The number of hydrogen-bond donors (Lipinski definition) is 0. The summed E-state index contributed by atoms with van der Waals surface area (Å²) < 4.78 is 32.5. The average Bonchev–Trinajstić information content (AvgIpc) is 2.66. The van der Waals surface area contributed by atoms with Crippen molar-refractivity contribution < 1.29 is 18.3 Å². The van der Waals surface area contributed by atoms with Gasteiger partial charge < -0.3 is 9.64 Å². The predicted octanol–water partition coefficient (Wildman–Crippen LogP) is 5.04. The monoisotopic (exact) mass is 361 g/mol. The Morgan fingerprint density at radius 1 is 1.19 bits per heavy atom. The Kier molecular flexibility index (Phi) is 6.72. The number of carbonyl (C=O) groups is 1. The maximum atomic E-state index is 14.6. The van der Waals surface area contributed by atoms with E-state index in [2.05, 4.69) is 0 Å². The van der Waals surface area contributed by atoms with Crippen molar-refractivity contribution in [3.63, 3.8) is 0 Å². The lowest BCUT2D eigenvalue weighted by molar-refractivity contribution is 0.0595. The first-order valence-corrected chi connectivity index (χ1v) is 8.91. The molecule has 0 radical (unpaired) electrons. The molecule has 0 aliphatic carbocycles. The van der Waals surface area contributed by atoms with Gasteiger partial charge in [0.2, 0.25) is 0 Å². The largest absolute Gasteiger partial charge is 0.465 e. The zero-order chi connectivity index (χ0) is 19.3. The molecule has 2 aromatic carbocycles. The average molecular weight is 361 g/mol. The van der Waals surface area contributed by atoms with Crippen molar-refractivity contribution in [1.82, 2.24) is 0 Å². The van der Waals surface area contributed by atoms with Crippen LogP contribution in [0.5, 0.6) is 0 Å². The third kappa shape index (κ3) is 4.03. The van der Waals surface area contributed by atoms with Crippen LogP contribution >= 0.6 is 0 Å². The number of aryl methyl sites for hydroxylation is 2. The van der Waals surface area contributed by atoms with Gasteiger partial charge in [0, 0.05) is 13.1 Å². The number of ether oxygens (including phenoxy) is 1. The van der Waals surface area contributed by atoms with Crippen LogP contribution in [0, 0.1) is 18.6 Å². The standard InChI is InChI=1S/C19H19F2NO2.C2H6/c1-12-10-14-4-3-9-22(11-13-5-7-15(20)8-6-13)18(14)16(17(12)21)19(23)24-2;1-2/h5-8,10H,3-4,9,11H2,1-2H3;1-2H3. The van der Waals surface area contributed by atoms with Crippen LogP contribution in [0.25, 0.3) is 0 Å². The summed E-state index contributed by atoms with van der Waals surface area (Å²) in [6, 6.07) is 8.00. The summed E-state index contributed by atoms with van der Waals surface area (Å²) in [6.07, 6.45) is 1.71. The lowest BCUT2D eigenvalue weighted by Crippen LogP contribution is -2.31. The molecule has 26 heavy (non-hydrogen) atoms. The van der Waals surface area contributed by atoms with Gasteiger partial charge in [-0.05, 0) is 48.6 Å². The molecule has 0 atom stereocenters. The Morgan fingerprint density at radius 2 is 1.85 bits per heavy atom. The quantitative estimate of drug-likeness (QED) is 0.718. The van der Waals surface area contributed by atoms with Crippen LogP contribution in [-0.2, 0) is 17.7 Å². The second kappa shape index (κ2) is 8.79. The molecule has 140 valence electrons. The molecule has 0 aromatic heterocycles. The van der Waals surface area contributed by atoms with Gasteiger partial charge in [-0.3, -0.25) is 0 Å². The molecular formula is C21H25F2NO2. The predicted molar refractivity (Wildman–Crippen MR) is 99.6 cm³/mol. The number of fused-ring (bicyclic) bond motifs is 1. The van der Waals surface area contributed by atoms with E-state index in [1.165, 1.54) is 19.2 Å². The number of nitrogens with zero attached hydrogens (tertiary/aromatic N) is 1. The second-order valence-corrected chi connectivity index (χ2v) is 6.03. The first kappa shape index (κ1) is 19.9. The maximum Gasteiger partial charge on any atom is 0.343 e. The molecule has 1 heterocycles. The van der Waals surface area contributed by atoms with Gasteiger partial charge >= 0.3 is 5.97 Å². The van der Waals surface area contributed by atoms with Gasteiger partial charge in [0.05, 0.1) is 12.8 Å². The van der Waals surface area contributed by atoms with Gasteiger partial charge in [-0.2, -0.15) is 0 Å². The van der Waals surface area contributed by atoms with Gasteiger partial charge in [-0.1, -0.05) is 32.0 Å². The molecule has 0 unspecified atom stereocenters. The van der Waals surface area contributed by atoms with Crippen LogP contribution in [0.2, 0.25) is 0 Å². The normalized spacial score (nSPS) is 12.8. The van der Waals surface area contributed by atoms with Crippen molar-refractivity contribution in [2.45, 2.75) is 40.2 Å². The fourth-order valence-corrected chi connectivity index (χ4v) is 3.24. The van der Waals surface area contributed by atoms with Crippen molar-refractivity contribution in [2.75, 3.05) is 18.6 Å². The SMILES string of the molecule is CC.COC(=O)c1c(F)c(C)cc2c1N(Cc1ccc(F)cc1)CCC2. The topological polar surface area (TPSA) is 29.5 Å². The van der Waals surface area contributed by atoms with Gasteiger partial charge in [0.15, 0.2) is 0 Å². The number of hydrogen-bond acceptors (Lipinski definition) is 3. The van der Waals surface area contributed by atoms with E-state index in [1.54, 1.807) is 25.1 Å². The Balaban J connectivity index is 0.00000117. The molecule has 1 aliphatic rings. The molecule has 2 aromatic rings. The number of carbonyl (C=O) groups excluding carboxylic acids is 1. The minimum absolute atomic E-state index is 0.00527. The Morgan fingerprint density at radius 3 is 2.46 bits per heavy atom. The van der Waals surface area contributed by atoms with Crippen molar-refractivity contribution in [2.24, 2.45) is 0 Å².